The molecule has 1 aromatic rings. The topological polar surface area (TPSA) is 40.5 Å². The third kappa shape index (κ3) is 1.58. The summed E-state index contributed by atoms with van der Waals surface area (Å²) in [7, 11) is 0. The van der Waals surface area contributed by atoms with E-state index in [1.54, 1.807) is 25.1 Å². The standard InChI is InChI=1S/C11H12O2/c1-11(13)5-4-8-6-10(12)3-2-9(8)7-11/h2-6,12-13H,7H2,1H3. The van der Waals surface area contributed by atoms with Gasteiger partial charge in [-0.05, 0) is 30.2 Å². The van der Waals surface area contributed by atoms with Gasteiger partial charge in [-0.1, -0.05) is 18.2 Å². The van der Waals surface area contributed by atoms with Crippen molar-refractivity contribution < 1.29 is 10.2 Å². The molecule has 0 fully saturated rings. The van der Waals surface area contributed by atoms with Crippen molar-refractivity contribution in [1.29, 1.82) is 0 Å². The number of hydrogen-bond donors (Lipinski definition) is 2. The van der Waals surface area contributed by atoms with Crippen LogP contribution in [0, 0.1) is 0 Å². The van der Waals surface area contributed by atoms with Gasteiger partial charge in [0.1, 0.15) is 5.75 Å². The molecule has 1 aliphatic rings. The second kappa shape index (κ2) is 2.60. The van der Waals surface area contributed by atoms with Crippen molar-refractivity contribution in [2.75, 3.05) is 0 Å². The third-order valence-corrected chi connectivity index (χ3v) is 2.30. The molecule has 2 heteroatoms. The van der Waals surface area contributed by atoms with Crippen molar-refractivity contribution in [2.45, 2.75) is 18.9 Å². The fourth-order valence-corrected chi connectivity index (χ4v) is 1.61. The Balaban J connectivity index is 2.47. The maximum absolute atomic E-state index is 9.74. The van der Waals surface area contributed by atoms with Crippen LogP contribution in [0.5, 0.6) is 5.75 Å². The van der Waals surface area contributed by atoms with E-state index in [1.807, 2.05) is 12.1 Å². The van der Waals surface area contributed by atoms with Crippen molar-refractivity contribution in [1.82, 2.24) is 0 Å². The average Bonchev–Trinajstić information content (AvgIpc) is 2.05. The summed E-state index contributed by atoms with van der Waals surface area (Å²) in [5.41, 5.74) is 1.32. The Hall–Kier alpha value is -1.28. The summed E-state index contributed by atoms with van der Waals surface area (Å²) >= 11 is 0. The Bertz CT molecular complexity index is 364. The number of aromatic hydroxyl groups is 1. The summed E-state index contributed by atoms with van der Waals surface area (Å²) in [5, 5.41) is 19.0. The van der Waals surface area contributed by atoms with E-state index in [2.05, 4.69) is 0 Å². The summed E-state index contributed by atoms with van der Waals surface area (Å²) in [5.74, 6) is 0.268. The number of aliphatic hydroxyl groups is 1. The van der Waals surface area contributed by atoms with Crippen LogP contribution in [0.3, 0.4) is 0 Å². The SMILES string of the molecule is CC1(O)C=Cc2cc(O)ccc2C1. The van der Waals surface area contributed by atoms with Gasteiger partial charge in [0, 0.05) is 6.42 Å². The summed E-state index contributed by atoms with van der Waals surface area (Å²) in [6.45, 7) is 1.78. The molecule has 0 spiro atoms. The Morgan fingerprint density at radius 3 is 2.92 bits per heavy atom. The van der Waals surface area contributed by atoms with Gasteiger partial charge >= 0.3 is 0 Å². The Kier molecular flexibility index (Phi) is 1.67. The molecule has 0 amide bonds. The Labute approximate surface area is 77.1 Å². The van der Waals surface area contributed by atoms with Gasteiger partial charge in [0.15, 0.2) is 0 Å². The fourth-order valence-electron chi connectivity index (χ4n) is 1.61. The monoisotopic (exact) mass is 176 g/mol. The lowest BCUT2D eigenvalue weighted by Gasteiger charge is -2.24. The number of hydrogen-bond acceptors (Lipinski definition) is 2. The second-order valence-corrected chi connectivity index (χ2v) is 3.75. The normalized spacial score (nSPS) is 25.7. The first-order valence-electron chi connectivity index (χ1n) is 4.30. The maximum Gasteiger partial charge on any atom is 0.116 e. The van der Waals surface area contributed by atoms with Crippen LogP contribution >= 0.6 is 0 Å². The zero-order valence-corrected chi connectivity index (χ0v) is 7.49. The number of fused-ring (bicyclic) bond motifs is 1. The Morgan fingerprint density at radius 1 is 1.38 bits per heavy atom. The molecule has 0 aromatic heterocycles. The zero-order valence-electron chi connectivity index (χ0n) is 7.49. The van der Waals surface area contributed by atoms with E-state index in [1.165, 1.54) is 0 Å². The highest BCUT2D eigenvalue weighted by Gasteiger charge is 2.22. The molecule has 0 heterocycles. The van der Waals surface area contributed by atoms with E-state index >= 15 is 0 Å². The molecule has 0 saturated carbocycles. The molecule has 0 saturated heterocycles. The second-order valence-electron chi connectivity index (χ2n) is 3.75. The molecule has 1 atom stereocenters. The van der Waals surface area contributed by atoms with Crippen LogP contribution in [0.4, 0.5) is 0 Å². The first kappa shape index (κ1) is 8.32. The lowest BCUT2D eigenvalue weighted by atomic mass is 9.87. The summed E-state index contributed by atoms with van der Waals surface area (Å²) in [6.07, 6.45) is 4.21. The maximum atomic E-state index is 9.74. The van der Waals surface area contributed by atoms with Crippen LogP contribution in [0.2, 0.25) is 0 Å². The summed E-state index contributed by atoms with van der Waals surface area (Å²) in [6, 6.07) is 5.21. The fraction of sp³-hybridized carbons (Fsp3) is 0.273. The number of rotatable bonds is 0. The molecule has 13 heavy (non-hydrogen) atoms. The summed E-state index contributed by atoms with van der Waals surface area (Å²) in [4.78, 5) is 0. The molecule has 1 aromatic carbocycles. The van der Waals surface area contributed by atoms with Crippen molar-refractivity contribution in [2.24, 2.45) is 0 Å². The first-order valence-corrected chi connectivity index (χ1v) is 4.30. The molecule has 2 rings (SSSR count). The minimum absolute atomic E-state index is 0.268. The number of phenols is 1. The quantitative estimate of drug-likeness (QED) is 0.631. The third-order valence-electron chi connectivity index (χ3n) is 2.30. The van der Waals surface area contributed by atoms with Gasteiger partial charge in [-0.15, -0.1) is 0 Å². The largest absolute Gasteiger partial charge is 0.508 e. The van der Waals surface area contributed by atoms with Gasteiger partial charge < -0.3 is 10.2 Å². The number of benzene rings is 1. The molecule has 2 nitrogen and oxygen atoms in total. The predicted molar refractivity (Wildman–Crippen MR) is 51.5 cm³/mol. The van der Waals surface area contributed by atoms with Crippen LogP contribution in [-0.2, 0) is 6.42 Å². The molecular weight excluding hydrogens is 164 g/mol. The molecule has 0 aliphatic heterocycles. The van der Waals surface area contributed by atoms with E-state index in [-0.39, 0.29) is 5.75 Å². The van der Waals surface area contributed by atoms with Gasteiger partial charge in [-0.3, -0.25) is 0 Å². The van der Waals surface area contributed by atoms with Crippen molar-refractivity contribution in [3.8, 4) is 5.75 Å². The van der Waals surface area contributed by atoms with Crippen molar-refractivity contribution >= 4 is 6.08 Å². The Morgan fingerprint density at radius 2 is 2.15 bits per heavy atom. The molecule has 1 unspecified atom stereocenters. The van der Waals surface area contributed by atoms with E-state index in [0.717, 1.165) is 11.1 Å². The molecule has 0 bridgehead atoms. The highest BCUT2D eigenvalue weighted by atomic mass is 16.3. The van der Waals surface area contributed by atoms with Crippen LogP contribution in [0.15, 0.2) is 24.3 Å². The van der Waals surface area contributed by atoms with Crippen LogP contribution in [0.25, 0.3) is 6.08 Å². The van der Waals surface area contributed by atoms with Crippen LogP contribution in [0.1, 0.15) is 18.1 Å². The van der Waals surface area contributed by atoms with Gasteiger partial charge in [-0.2, -0.15) is 0 Å². The van der Waals surface area contributed by atoms with Crippen LogP contribution < -0.4 is 0 Å². The van der Waals surface area contributed by atoms with E-state index in [4.69, 9.17) is 0 Å². The highest BCUT2D eigenvalue weighted by Crippen LogP contribution is 2.27. The first-order chi connectivity index (χ1) is 6.07. The minimum atomic E-state index is -0.746. The minimum Gasteiger partial charge on any atom is -0.508 e. The molecule has 0 radical (unpaired) electrons. The molecular formula is C11H12O2. The van der Waals surface area contributed by atoms with E-state index in [0.29, 0.717) is 6.42 Å². The predicted octanol–water partition coefficient (Wildman–Crippen LogP) is 1.71. The van der Waals surface area contributed by atoms with Gasteiger partial charge in [0.25, 0.3) is 0 Å². The summed E-state index contributed by atoms with van der Waals surface area (Å²) < 4.78 is 0. The molecule has 68 valence electrons. The lowest BCUT2D eigenvalue weighted by Crippen LogP contribution is -2.26. The van der Waals surface area contributed by atoms with E-state index in [9.17, 15) is 10.2 Å². The van der Waals surface area contributed by atoms with Gasteiger partial charge in [0.05, 0.1) is 5.60 Å². The zero-order chi connectivity index (χ0) is 9.47. The van der Waals surface area contributed by atoms with Gasteiger partial charge in [-0.25, -0.2) is 0 Å². The average molecular weight is 176 g/mol. The van der Waals surface area contributed by atoms with Crippen molar-refractivity contribution in [3.05, 3.63) is 35.4 Å². The highest BCUT2D eigenvalue weighted by molar-refractivity contribution is 5.60. The van der Waals surface area contributed by atoms with Gasteiger partial charge in [0.2, 0.25) is 0 Å². The smallest absolute Gasteiger partial charge is 0.116 e. The van der Waals surface area contributed by atoms with Crippen molar-refractivity contribution in [3.63, 3.8) is 0 Å². The van der Waals surface area contributed by atoms with E-state index < -0.39 is 5.60 Å². The molecule has 1 aliphatic carbocycles. The lowest BCUT2D eigenvalue weighted by molar-refractivity contribution is 0.112. The van der Waals surface area contributed by atoms with Crippen LogP contribution in [-0.4, -0.2) is 15.8 Å². The molecule has 2 N–H and O–H groups in total. The number of phenolic OH excluding ortho intramolecular Hbond substituents is 1.